The van der Waals surface area contributed by atoms with Gasteiger partial charge in [-0.2, -0.15) is 4.98 Å². The zero-order valence-corrected chi connectivity index (χ0v) is 15.0. The van der Waals surface area contributed by atoms with Crippen molar-refractivity contribution >= 4 is 29.3 Å². The summed E-state index contributed by atoms with van der Waals surface area (Å²) in [6, 6.07) is 0.0568. The van der Waals surface area contributed by atoms with Gasteiger partial charge in [0.05, 0.1) is 17.8 Å². The summed E-state index contributed by atoms with van der Waals surface area (Å²) < 4.78 is 5.61. The number of nitrogens with zero attached hydrogens (tertiary/aromatic N) is 3. The quantitative estimate of drug-likeness (QED) is 0.852. The maximum Gasteiger partial charge on any atom is 0.222 e. The van der Waals surface area contributed by atoms with Crippen LogP contribution < -0.4 is 16.0 Å². The van der Waals surface area contributed by atoms with Crippen molar-refractivity contribution < 1.29 is 9.53 Å². The van der Waals surface area contributed by atoms with Gasteiger partial charge in [-0.25, -0.2) is 4.98 Å². The summed E-state index contributed by atoms with van der Waals surface area (Å²) in [6.45, 7) is 5.10. The SMILES string of the molecule is CO[C@@H]1C[C@H]2CN(c3nc(N)nc(C)c3Cl)C[C@H]2C[C@H]1NC(C)=O. The molecular weight excluding hydrogens is 330 g/mol. The molecule has 0 aromatic carbocycles. The number of ether oxygens (including phenoxy) is 1. The van der Waals surface area contributed by atoms with Gasteiger partial charge in [0.15, 0.2) is 5.82 Å². The normalized spacial score (nSPS) is 29.4. The van der Waals surface area contributed by atoms with E-state index >= 15 is 0 Å². The second-order valence-corrected chi connectivity index (χ2v) is 7.16. The van der Waals surface area contributed by atoms with E-state index in [2.05, 4.69) is 20.2 Å². The number of carbonyl (C=O) groups is 1. The molecule has 4 atom stereocenters. The standard InChI is InChI=1S/C16H24ClN5O2/c1-8-14(17)15(21-16(18)19-8)22-6-10-4-12(20-9(2)23)13(24-3)5-11(10)7-22/h10-13H,4-7H2,1-3H3,(H,20,23)(H2,18,19,21)/t10-,11+,12-,13-/m1/s1. The molecule has 1 aromatic heterocycles. The Balaban J connectivity index is 1.78. The molecule has 2 heterocycles. The molecule has 0 unspecified atom stereocenters. The molecule has 1 aliphatic heterocycles. The minimum atomic E-state index is -0.0161. The van der Waals surface area contributed by atoms with Crippen LogP contribution in [0, 0.1) is 18.8 Å². The molecule has 1 aliphatic carbocycles. The third-order valence-electron chi connectivity index (χ3n) is 5.12. The Morgan fingerprint density at radius 3 is 2.62 bits per heavy atom. The number of halogens is 1. The fraction of sp³-hybridized carbons (Fsp3) is 0.688. The van der Waals surface area contributed by atoms with Crippen molar-refractivity contribution in [1.82, 2.24) is 15.3 Å². The van der Waals surface area contributed by atoms with Gasteiger partial charge < -0.3 is 20.7 Å². The summed E-state index contributed by atoms with van der Waals surface area (Å²) in [5, 5.41) is 3.59. The topological polar surface area (TPSA) is 93.4 Å². The largest absolute Gasteiger partial charge is 0.379 e. The van der Waals surface area contributed by atoms with Crippen LogP contribution in [0.5, 0.6) is 0 Å². The molecule has 3 rings (SSSR count). The minimum Gasteiger partial charge on any atom is -0.379 e. The van der Waals surface area contributed by atoms with Gasteiger partial charge in [0.1, 0.15) is 5.02 Å². The van der Waals surface area contributed by atoms with Crippen LogP contribution in [0.1, 0.15) is 25.5 Å². The fourth-order valence-corrected chi connectivity index (χ4v) is 4.24. The summed E-state index contributed by atoms with van der Waals surface area (Å²) >= 11 is 6.39. The first-order valence-corrected chi connectivity index (χ1v) is 8.61. The van der Waals surface area contributed by atoms with Gasteiger partial charge in [-0.1, -0.05) is 11.6 Å². The molecule has 0 radical (unpaired) electrons. The monoisotopic (exact) mass is 353 g/mol. The van der Waals surface area contributed by atoms with Crippen LogP contribution in [0.3, 0.4) is 0 Å². The van der Waals surface area contributed by atoms with Gasteiger partial charge in [0.25, 0.3) is 0 Å². The van der Waals surface area contributed by atoms with Crippen LogP contribution in [0.25, 0.3) is 0 Å². The van der Waals surface area contributed by atoms with Crippen molar-refractivity contribution in [3.05, 3.63) is 10.7 Å². The minimum absolute atomic E-state index is 0.0161. The highest BCUT2D eigenvalue weighted by Crippen LogP contribution is 2.40. The average molecular weight is 354 g/mol. The second kappa shape index (κ2) is 6.72. The number of anilines is 2. The zero-order valence-electron chi connectivity index (χ0n) is 14.3. The Morgan fingerprint density at radius 1 is 1.33 bits per heavy atom. The molecule has 0 spiro atoms. The molecule has 2 aliphatic rings. The Kier molecular flexibility index (Phi) is 4.83. The van der Waals surface area contributed by atoms with E-state index in [1.165, 1.54) is 0 Å². The molecule has 1 saturated carbocycles. The Morgan fingerprint density at radius 2 is 2.00 bits per heavy atom. The number of nitrogens with one attached hydrogen (secondary N) is 1. The van der Waals surface area contributed by atoms with Crippen LogP contribution in [-0.2, 0) is 9.53 Å². The van der Waals surface area contributed by atoms with E-state index in [0.29, 0.717) is 28.4 Å². The van der Waals surface area contributed by atoms with Crippen molar-refractivity contribution in [3.63, 3.8) is 0 Å². The van der Waals surface area contributed by atoms with Crippen LogP contribution in [-0.4, -0.2) is 48.2 Å². The number of aromatic nitrogens is 2. The zero-order chi connectivity index (χ0) is 17.4. The predicted molar refractivity (Wildman–Crippen MR) is 93.0 cm³/mol. The third kappa shape index (κ3) is 3.28. The lowest BCUT2D eigenvalue weighted by Gasteiger charge is -2.37. The fourth-order valence-electron chi connectivity index (χ4n) is 4.03. The summed E-state index contributed by atoms with van der Waals surface area (Å²) in [4.78, 5) is 22.1. The molecule has 132 valence electrons. The lowest BCUT2D eigenvalue weighted by Crippen LogP contribution is -2.49. The third-order valence-corrected chi connectivity index (χ3v) is 5.57. The van der Waals surface area contributed by atoms with Crippen LogP contribution in [0.4, 0.5) is 11.8 Å². The molecule has 1 aromatic rings. The first-order valence-electron chi connectivity index (χ1n) is 8.23. The molecule has 1 amide bonds. The maximum absolute atomic E-state index is 11.4. The number of hydrogen-bond donors (Lipinski definition) is 2. The first-order chi connectivity index (χ1) is 11.4. The second-order valence-electron chi connectivity index (χ2n) is 6.78. The number of methoxy groups -OCH3 is 1. The summed E-state index contributed by atoms with van der Waals surface area (Å²) in [6.07, 6.45) is 1.86. The van der Waals surface area contributed by atoms with Gasteiger partial charge in [0, 0.05) is 27.1 Å². The van der Waals surface area contributed by atoms with E-state index in [0.717, 1.165) is 25.9 Å². The summed E-state index contributed by atoms with van der Waals surface area (Å²) in [5.74, 6) is 1.90. The summed E-state index contributed by atoms with van der Waals surface area (Å²) in [5.41, 5.74) is 6.48. The first kappa shape index (κ1) is 17.2. The highest BCUT2D eigenvalue weighted by Gasteiger charge is 2.43. The number of amides is 1. The smallest absolute Gasteiger partial charge is 0.222 e. The van der Waals surface area contributed by atoms with E-state index in [4.69, 9.17) is 22.1 Å². The molecular formula is C16H24ClN5O2. The molecule has 7 nitrogen and oxygen atoms in total. The molecule has 0 bridgehead atoms. The molecule has 3 N–H and O–H groups in total. The van der Waals surface area contributed by atoms with Crippen molar-refractivity contribution in [2.24, 2.45) is 11.8 Å². The lowest BCUT2D eigenvalue weighted by molar-refractivity contribution is -0.121. The summed E-state index contributed by atoms with van der Waals surface area (Å²) in [7, 11) is 1.71. The van der Waals surface area contributed by atoms with E-state index < -0.39 is 0 Å². The van der Waals surface area contributed by atoms with Crippen LogP contribution in [0.2, 0.25) is 5.02 Å². The Hall–Kier alpha value is -1.60. The van der Waals surface area contributed by atoms with Crippen LogP contribution in [0.15, 0.2) is 0 Å². The molecule has 8 heteroatoms. The molecule has 1 saturated heterocycles. The van der Waals surface area contributed by atoms with Gasteiger partial charge in [-0.15, -0.1) is 0 Å². The van der Waals surface area contributed by atoms with E-state index in [9.17, 15) is 4.79 Å². The number of fused-ring (bicyclic) bond motifs is 1. The van der Waals surface area contributed by atoms with Crippen molar-refractivity contribution in [2.45, 2.75) is 38.8 Å². The predicted octanol–water partition coefficient (Wildman–Crippen LogP) is 1.39. The Bertz CT molecular complexity index is 641. The van der Waals surface area contributed by atoms with Crippen molar-refractivity contribution in [1.29, 1.82) is 0 Å². The number of nitrogen functional groups attached to an aromatic ring is 1. The number of hydrogen-bond acceptors (Lipinski definition) is 6. The highest BCUT2D eigenvalue weighted by atomic mass is 35.5. The highest BCUT2D eigenvalue weighted by molar-refractivity contribution is 6.33. The van der Waals surface area contributed by atoms with Crippen molar-refractivity contribution in [3.8, 4) is 0 Å². The average Bonchev–Trinajstić information content (AvgIpc) is 2.92. The van der Waals surface area contributed by atoms with E-state index in [1.54, 1.807) is 14.0 Å². The van der Waals surface area contributed by atoms with Gasteiger partial charge in [-0.3, -0.25) is 4.79 Å². The van der Waals surface area contributed by atoms with Gasteiger partial charge in [-0.05, 0) is 31.6 Å². The van der Waals surface area contributed by atoms with Crippen LogP contribution >= 0.6 is 11.6 Å². The molecule has 24 heavy (non-hydrogen) atoms. The number of nitrogens with two attached hydrogens (primary N) is 1. The van der Waals surface area contributed by atoms with Crippen molar-refractivity contribution in [2.75, 3.05) is 30.8 Å². The number of rotatable bonds is 3. The van der Waals surface area contributed by atoms with E-state index in [1.807, 2.05) is 6.92 Å². The number of aryl methyl sites for hydroxylation is 1. The lowest BCUT2D eigenvalue weighted by atomic mass is 9.77. The van der Waals surface area contributed by atoms with Gasteiger partial charge >= 0.3 is 0 Å². The van der Waals surface area contributed by atoms with Gasteiger partial charge in [0.2, 0.25) is 11.9 Å². The van der Waals surface area contributed by atoms with E-state index in [-0.39, 0.29) is 24.0 Å². The number of carbonyl (C=O) groups excluding carboxylic acids is 1. The molecule has 2 fully saturated rings. The Labute approximate surface area is 146 Å². The maximum atomic E-state index is 11.4.